The van der Waals surface area contributed by atoms with Gasteiger partial charge in [0.1, 0.15) is 5.76 Å². The third-order valence-corrected chi connectivity index (χ3v) is 2.77. The van der Waals surface area contributed by atoms with E-state index in [2.05, 4.69) is 22.3 Å². The van der Waals surface area contributed by atoms with Crippen LogP contribution in [-0.2, 0) is 19.6 Å². The lowest BCUT2D eigenvalue weighted by atomic mass is 10.3. The molecule has 19 heavy (non-hydrogen) atoms. The molecule has 2 aromatic heterocycles. The Balaban J connectivity index is 1.78. The van der Waals surface area contributed by atoms with Gasteiger partial charge in [0.2, 0.25) is 0 Å². The first kappa shape index (κ1) is 13.8. The van der Waals surface area contributed by atoms with Crippen LogP contribution in [-0.4, -0.2) is 23.6 Å². The van der Waals surface area contributed by atoms with Crippen LogP contribution in [0.1, 0.15) is 30.6 Å². The first-order valence-electron chi connectivity index (χ1n) is 6.64. The Morgan fingerprint density at radius 2 is 2.16 bits per heavy atom. The van der Waals surface area contributed by atoms with E-state index in [0.717, 1.165) is 49.8 Å². The summed E-state index contributed by atoms with van der Waals surface area (Å²) < 4.78 is 10.6. The highest BCUT2D eigenvalue weighted by Crippen LogP contribution is 2.10. The fourth-order valence-electron chi connectivity index (χ4n) is 1.90. The van der Waals surface area contributed by atoms with Gasteiger partial charge in [0, 0.05) is 12.6 Å². The molecule has 1 N–H and O–H groups in total. The number of furan rings is 1. The average molecular weight is 263 g/mol. The van der Waals surface area contributed by atoms with E-state index in [1.165, 1.54) is 0 Å². The number of nitrogens with one attached hydrogen (secondary N) is 1. The Labute approximate surface area is 113 Å². The van der Waals surface area contributed by atoms with Crippen molar-refractivity contribution in [3.63, 3.8) is 0 Å². The van der Waals surface area contributed by atoms with Crippen LogP contribution in [0.5, 0.6) is 0 Å². The molecule has 0 radical (unpaired) electrons. The average Bonchev–Trinajstić information content (AvgIpc) is 3.02. The molecular weight excluding hydrogens is 242 g/mol. The maximum atomic E-state index is 5.32. The van der Waals surface area contributed by atoms with E-state index in [0.29, 0.717) is 0 Å². The Morgan fingerprint density at radius 1 is 1.32 bits per heavy atom. The lowest BCUT2D eigenvalue weighted by molar-refractivity contribution is 0.248. The van der Waals surface area contributed by atoms with E-state index in [1.54, 1.807) is 6.26 Å². The summed E-state index contributed by atoms with van der Waals surface area (Å²) in [6.45, 7) is 5.39. The summed E-state index contributed by atoms with van der Waals surface area (Å²) in [5.74, 6) is 1.83. The van der Waals surface area contributed by atoms with Gasteiger partial charge in [-0.3, -0.25) is 4.90 Å². The van der Waals surface area contributed by atoms with E-state index in [4.69, 9.17) is 8.94 Å². The molecule has 2 rings (SSSR count). The van der Waals surface area contributed by atoms with Gasteiger partial charge in [0.05, 0.1) is 25.0 Å². The van der Waals surface area contributed by atoms with E-state index < -0.39 is 0 Å². The molecule has 0 saturated heterocycles. The number of aromatic nitrogens is 1. The number of hydrogen-bond donors (Lipinski definition) is 1. The lowest BCUT2D eigenvalue weighted by Crippen LogP contribution is -2.16. The maximum absolute atomic E-state index is 5.32. The third-order valence-electron chi connectivity index (χ3n) is 2.77. The molecular formula is C14H21N3O2. The normalized spacial score (nSPS) is 11.3. The van der Waals surface area contributed by atoms with Crippen molar-refractivity contribution in [2.75, 3.05) is 13.6 Å². The largest absolute Gasteiger partial charge is 0.468 e. The van der Waals surface area contributed by atoms with Crippen molar-refractivity contribution < 1.29 is 8.94 Å². The third kappa shape index (κ3) is 4.54. The fourth-order valence-corrected chi connectivity index (χ4v) is 1.90. The van der Waals surface area contributed by atoms with Crippen LogP contribution >= 0.6 is 0 Å². The molecule has 0 amide bonds. The van der Waals surface area contributed by atoms with E-state index in [1.807, 2.05) is 25.2 Å². The molecule has 2 aromatic rings. The molecule has 5 nitrogen and oxygen atoms in total. The van der Waals surface area contributed by atoms with Gasteiger partial charge in [0.25, 0.3) is 0 Å². The first-order valence-corrected chi connectivity index (χ1v) is 6.64. The van der Waals surface area contributed by atoms with Gasteiger partial charge >= 0.3 is 0 Å². The van der Waals surface area contributed by atoms with Crippen LogP contribution in [0.25, 0.3) is 0 Å². The van der Waals surface area contributed by atoms with Gasteiger partial charge in [-0.05, 0) is 32.1 Å². The zero-order chi connectivity index (χ0) is 13.5. The summed E-state index contributed by atoms with van der Waals surface area (Å²) in [6, 6.07) is 5.87. The zero-order valence-corrected chi connectivity index (χ0v) is 11.6. The van der Waals surface area contributed by atoms with Gasteiger partial charge in [-0.1, -0.05) is 12.1 Å². The minimum atomic E-state index is 0.724. The second-order valence-electron chi connectivity index (χ2n) is 4.71. The van der Waals surface area contributed by atoms with Gasteiger partial charge < -0.3 is 14.3 Å². The van der Waals surface area contributed by atoms with Crippen molar-refractivity contribution in [1.82, 2.24) is 15.4 Å². The standard InChI is InChI=1S/C14H21N3O2/c1-3-6-15-9-12-8-14(19-16-12)11-17(2)10-13-5-4-7-18-13/h4-5,7-8,15H,3,6,9-11H2,1-2H3. The van der Waals surface area contributed by atoms with Gasteiger partial charge in [-0.2, -0.15) is 0 Å². The van der Waals surface area contributed by atoms with Crippen LogP contribution in [0, 0.1) is 0 Å². The van der Waals surface area contributed by atoms with Crippen molar-refractivity contribution in [3.05, 3.63) is 41.7 Å². The topological polar surface area (TPSA) is 54.4 Å². The minimum absolute atomic E-state index is 0.724. The van der Waals surface area contributed by atoms with Gasteiger partial charge in [-0.15, -0.1) is 0 Å². The van der Waals surface area contributed by atoms with Crippen molar-refractivity contribution in [1.29, 1.82) is 0 Å². The maximum Gasteiger partial charge on any atom is 0.151 e. The Bertz CT molecular complexity index is 465. The summed E-state index contributed by atoms with van der Waals surface area (Å²) in [7, 11) is 2.03. The molecule has 0 atom stereocenters. The molecule has 2 heterocycles. The van der Waals surface area contributed by atoms with Crippen molar-refractivity contribution in [2.24, 2.45) is 0 Å². The summed E-state index contributed by atoms with van der Waals surface area (Å²) >= 11 is 0. The highest BCUT2D eigenvalue weighted by atomic mass is 16.5. The van der Waals surface area contributed by atoms with E-state index in [-0.39, 0.29) is 0 Å². The molecule has 0 bridgehead atoms. The summed E-state index contributed by atoms with van der Waals surface area (Å²) in [6.07, 6.45) is 2.81. The second-order valence-corrected chi connectivity index (χ2v) is 4.71. The van der Waals surface area contributed by atoms with E-state index >= 15 is 0 Å². The predicted octanol–water partition coefficient (Wildman–Crippen LogP) is 2.40. The first-order chi connectivity index (χ1) is 9.28. The molecule has 5 heteroatoms. The van der Waals surface area contributed by atoms with Crippen LogP contribution < -0.4 is 5.32 Å². The summed E-state index contributed by atoms with van der Waals surface area (Å²) in [4.78, 5) is 2.13. The van der Waals surface area contributed by atoms with Crippen LogP contribution in [0.4, 0.5) is 0 Å². The van der Waals surface area contributed by atoms with Crippen LogP contribution in [0.2, 0.25) is 0 Å². The SMILES string of the molecule is CCCNCc1cc(CN(C)Cc2ccco2)on1. The molecule has 0 fully saturated rings. The van der Waals surface area contributed by atoms with E-state index in [9.17, 15) is 0 Å². The van der Waals surface area contributed by atoms with Crippen molar-refractivity contribution >= 4 is 0 Å². The quantitative estimate of drug-likeness (QED) is 0.741. The second kappa shape index (κ2) is 7.11. The Kier molecular flexibility index (Phi) is 5.18. The predicted molar refractivity (Wildman–Crippen MR) is 72.4 cm³/mol. The molecule has 104 valence electrons. The molecule has 0 spiro atoms. The number of hydrogen-bond acceptors (Lipinski definition) is 5. The van der Waals surface area contributed by atoms with Crippen molar-refractivity contribution in [2.45, 2.75) is 33.0 Å². The summed E-state index contributed by atoms with van der Waals surface area (Å²) in [5, 5.41) is 7.35. The molecule has 0 aliphatic heterocycles. The highest BCUT2D eigenvalue weighted by molar-refractivity contribution is 5.05. The van der Waals surface area contributed by atoms with Gasteiger partial charge in [-0.25, -0.2) is 0 Å². The fraction of sp³-hybridized carbons (Fsp3) is 0.500. The summed E-state index contributed by atoms with van der Waals surface area (Å²) in [5.41, 5.74) is 0.954. The smallest absolute Gasteiger partial charge is 0.151 e. The Morgan fingerprint density at radius 3 is 2.89 bits per heavy atom. The Hall–Kier alpha value is -1.59. The van der Waals surface area contributed by atoms with Gasteiger partial charge in [0.15, 0.2) is 5.76 Å². The molecule has 0 aliphatic rings. The number of rotatable bonds is 8. The molecule has 0 saturated carbocycles. The van der Waals surface area contributed by atoms with Crippen LogP contribution in [0.15, 0.2) is 33.4 Å². The molecule has 0 aromatic carbocycles. The molecule has 0 unspecified atom stereocenters. The highest BCUT2D eigenvalue weighted by Gasteiger charge is 2.08. The number of nitrogens with zero attached hydrogens (tertiary/aromatic N) is 2. The minimum Gasteiger partial charge on any atom is -0.468 e. The monoisotopic (exact) mass is 263 g/mol. The lowest BCUT2D eigenvalue weighted by Gasteiger charge is -2.12. The van der Waals surface area contributed by atoms with Crippen LogP contribution in [0.3, 0.4) is 0 Å². The molecule has 0 aliphatic carbocycles. The van der Waals surface area contributed by atoms with Crippen molar-refractivity contribution in [3.8, 4) is 0 Å². The zero-order valence-electron chi connectivity index (χ0n) is 11.6.